The van der Waals surface area contributed by atoms with Crippen LogP contribution in [-0.2, 0) is 0 Å². The Bertz CT molecular complexity index is 4290. The Hall–Kier alpha value is -10.2. The van der Waals surface area contributed by atoms with E-state index in [0.717, 1.165) is 67.1 Å². The molecule has 14 aromatic rings. The van der Waals surface area contributed by atoms with Gasteiger partial charge in [0.15, 0.2) is 0 Å². The molecule has 360 valence electrons. The van der Waals surface area contributed by atoms with E-state index in [0.29, 0.717) is 0 Å². The van der Waals surface area contributed by atoms with Crippen LogP contribution in [0.25, 0.3) is 139 Å². The zero-order valence-electron chi connectivity index (χ0n) is 42.3. The number of hydrogen-bond donors (Lipinski definition) is 0. The van der Waals surface area contributed by atoms with Gasteiger partial charge in [0.25, 0.3) is 0 Å². The van der Waals surface area contributed by atoms with Gasteiger partial charge in [-0.3, -0.25) is 4.57 Å². The third-order valence-electron chi connectivity index (χ3n) is 15.2. The lowest BCUT2D eigenvalue weighted by Crippen LogP contribution is -2.02. The summed E-state index contributed by atoms with van der Waals surface area (Å²) in [6.45, 7) is 0. The van der Waals surface area contributed by atoms with Gasteiger partial charge in [-0.15, -0.1) is 0 Å². The van der Waals surface area contributed by atoms with Crippen molar-refractivity contribution in [3.63, 3.8) is 0 Å². The van der Waals surface area contributed by atoms with E-state index in [4.69, 9.17) is 4.98 Å². The first-order valence-electron chi connectivity index (χ1n) is 26.5. The van der Waals surface area contributed by atoms with Gasteiger partial charge in [0, 0.05) is 11.3 Å². The molecule has 0 aliphatic rings. The van der Waals surface area contributed by atoms with E-state index in [1.165, 1.54) is 71.6 Å². The molecule has 2 heteroatoms. The highest BCUT2D eigenvalue weighted by Crippen LogP contribution is 2.56. The molecule has 0 spiro atoms. The van der Waals surface area contributed by atoms with Gasteiger partial charge in [0.2, 0.25) is 0 Å². The number of aromatic nitrogens is 2. The maximum Gasteiger partial charge on any atom is 0.145 e. The fourth-order valence-electron chi connectivity index (χ4n) is 12.0. The van der Waals surface area contributed by atoms with E-state index in [9.17, 15) is 0 Å². The van der Waals surface area contributed by atoms with E-state index in [1.807, 2.05) is 0 Å². The highest BCUT2D eigenvalue weighted by molar-refractivity contribution is 6.22. The van der Waals surface area contributed by atoms with Crippen molar-refractivity contribution in [2.75, 3.05) is 0 Å². The third kappa shape index (κ3) is 8.03. The van der Waals surface area contributed by atoms with Crippen LogP contribution < -0.4 is 0 Å². The van der Waals surface area contributed by atoms with Gasteiger partial charge < -0.3 is 0 Å². The lowest BCUT2D eigenvalue weighted by atomic mass is 9.74. The summed E-state index contributed by atoms with van der Waals surface area (Å²) in [6.07, 6.45) is 0. The molecular weight excluding hydrogens is 929 g/mol. The van der Waals surface area contributed by atoms with Crippen molar-refractivity contribution in [1.29, 1.82) is 0 Å². The molecule has 13 aromatic carbocycles. The van der Waals surface area contributed by atoms with E-state index in [-0.39, 0.29) is 0 Å². The van der Waals surface area contributed by atoms with Gasteiger partial charge in [-0.1, -0.05) is 267 Å². The molecule has 0 radical (unpaired) electrons. The number of imidazole rings is 1. The summed E-state index contributed by atoms with van der Waals surface area (Å²) >= 11 is 0. The molecule has 1 heterocycles. The number of hydrogen-bond acceptors (Lipinski definition) is 1. The second-order valence-corrected chi connectivity index (χ2v) is 19.7. The Kier molecular flexibility index (Phi) is 11.6. The van der Waals surface area contributed by atoms with Crippen molar-refractivity contribution in [2.45, 2.75) is 0 Å². The highest BCUT2D eigenvalue weighted by Gasteiger charge is 2.30. The number of rotatable bonds is 10. The molecule has 0 amide bonds. The molecule has 0 saturated carbocycles. The Balaban J connectivity index is 1.05. The van der Waals surface area contributed by atoms with E-state index in [1.54, 1.807) is 0 Å². The molecule has 14 rings (SSSR count). The molecule has 77 heavy (non-hydrogen) atoms. The number of para-hydroxylation sites is 3. The first-order valence-corrected chi connectivity index (χ1v) is 26.5. The summed E-state index contributed by atoms with van der Waals surface area (Å²) in [5.74, 6) is 0.911. The first kappa shape index (κ1) is 45.5. The fraction of sp³-hybridized carbons (Fsp3) is 0. The molecule has 0 aliphatic carbocycles. The fourth-order valence-corrected chi connectivity index (χ4v) is 12.0. The quantitative estimate of drug-likeness (QED) is 0.125. The van der Waals surface area contributed by atoms with Crippen LogP contribution in [0.15, 0.2) is 303 Å². The van der Waals surface area contributed by atoms with Crippen molar-refractivity contribution in [3.8, 4) is 106 Å². The lowest BCUT2D eigenvalue weighted by Gasteiger charge is -2.29. The normalized spacial score (nSPS) is 11.4. The van der Waals surface area contributed by atoms with E-state index >= 15 is 0 Å². The zero-order valence-corrected chi connectivity index (χ0v) is 42.3. The maximum absolute atomic E-state index is 5.28. The predicted molar refractivity (Wildman–Crippen MR) is 325 cm³/mol. The number of benzene rings is 13. The van der Waals surface area contributed by atoms with Crippen LogP contribution in [0.5, 0.6) is 0 Å². The molecule has 0 fully saturated rings. The molecule has 2 nitrogen and oxygen atoms in total. The summed E-state index contributed by atoms with van der Waals surface area (Å²) in [7, 11) is 0. The number of fused-ring (bicyclic) bond motifs is 3. The standard InChI is InChI=1S/C75H50N2/c1-7-27-51(28-8-1)69-70(52-29-9-2-10-30-52)72(54-33-13-4-14-34-54)74(73(55-35-15-5-16-36-55)71(69)53-31-11-3-12-32-53)58-39-25-37-56(49-58)67-61-43-19-21-45-63(61)68(64-46-22-20-44-62(64)67)57-38-26-40-59(50-57)75-76-65-47-23-24-48-66(65)77(75)60-41-17-6-18-42-60/h1-50H. The van der Waals surface area contributed by atoms with Crippen LogP contribution >= 0.6 is 0 Å². The smallest absolute Gasteiger partial charge is 0.145 e. The number of nitrogens with zero attached hydrogens (tertiary/aromatic N) is 2. The zero-order chi connectivity index (χ0) is 51.1. The molecular formula is C75H50N2. The Morgan fingerprint density at radius 2 is 0.481 bits per heavy atom. The molecule has 0 unspecified atom stereocenters. The molecule has 1 aromatic heterocycles. The predicted octanol–water partition coefficient (Wildman–Crippen LogP) is 20.3. The van der Waals surface area contributed by atoms with Crippen LogP contribution in [-0.4, -0.2) is 9.55 Å². The average Bonchev–Trinajstić information content (AvgIpc) is 3.92. The summed E-state index contributed by atoms with van der Waals surface area (Å²) in [5, 5.41) is 4.78. The van der Waals surface area contributed by atoms with Crippen molar-refractivity contribution in [1.82, 2.24) is 9.55 Å². The van der Waals surface area contributed by atoms with Crippen LogP contribution in [0, 0.1) is 0 Å². The van der Waals surface area contributed by atoms with Crippen LogP contribution in [0.2, 0.25) is 0 Å². The van der Waals surface area contributed by atoms with Crippen LogP contribution in [0.4, 0.5) is 0 Å². The topological polar surface area (TPSA) is 17.8 Å². The largest absolute Gasteiger partial charge is 0.292 e. The Morgan fingerprint density at radius 1 is 0.208 bits per heavy atom. The summed E-state index contributed by atoms with van der Waals surface area (Å²) in [5.41, 5.74) is 23.0. The molecule has 0 atom stereocenters. The van der Waals surface area contributed by atoms with Crippen molar-refractivity contribution in [2.24, 2.45) is 0 Å². The molecule has 0 N–H and O–H groups in total. The van der Waals surface area contributed by atoms with Gasteiger partial charge in [-0.2, -0.15) is 0 Å². The van der Waals surface area contributed by atoms with Gasteiger partial charge in [0.05, 0.1) is 11.0 Å². The maximum atomic E-state index is 5.28. The Labute approximate surface area is 449 Å². The SMILES string of the molecule is c1ccc(-c2c(-c3ccccc3)c(-c3ccccc3)c(-c3cccc(-c4c5ccccc5c(-c5cccc(-c6nc7ccccc7n6-c6ccccc6)c5)c5ccccc45)c3)c(-c3ccccc3)c2-c2ccccc2)cc1. The summed E-state index contributed by atoms with van der Waals surface area (Å²) < 4.78 is 2.29. The summed E-state index contributed by atoms with van der Waals surface area (Å²) in [6, 6.07) is 110. The lowest BCUT2D eigenvalue weighted by molar-refractivity contribution is 1.10. The molecule has 0 bridgehead atoms. The van der Waals surface area contributed by atoms with Crippen molar-refractivity contribution < 1.29 is 0 Å². The molecule has 0 aliphatic heterocycles. The van der Waals surface area contributed by atoms with Gasteiger partial charge in [0.1, 0.15) is 5.82 Å². The van der Waals surface area contributed by atoms with Crippen molar-refractivity contribution in [3.05, 3.63) is 303 Å². The second-order valence-electron chi connectivity index (χ2n) is 19.7. The van der Waals surface area contributed by atoms with Gasteiger partial charge >= 0.3 is 0 Å². The molecule has 0 saturated heterocycles. The van der Waals surface area contributed by atoms with Crippen LogP contribution in [0.3, 0.4) is 0 Å². The van der Waals surface area contributed by atoms with Crippen molar-refractivity contribution >= 4 is 32.6 Å². The second kappa shape index (κ2) is 19.6. The van der Waals surface area contributed by atoms with E-state index < -0.39 is 0 Å². The van der Waals surface area contributed by atoms with Gasteiger partial charge in [-0.05, 0) is 147 Å². The first-order chi connectivity index (χ1) is 38.3. The highest BCUT2D eigenvalue weighted by atomic mass is 15.1. The third-order valence-corrected chi connectivity index (χ3v) is 15.2. The van der Waals surface area contributed by atoms with Gasteiger partial charge in [-0.25, -0.2) is 4.98 Å². The minimum Gasteiger partial charge on any atom is -0.292 e. The average molecular weight is 979 g/mol. The van der Waals surface area contributed by atoms with Crippen LogP contribution in [0.1, 0.15) is 0 Å². The minimum atomic E-state index is 0.911. The minimum absolute atomic E-state index is 0.911. The summed E-state index contributed by atoms with van der Waals surface area (Å²) in [4.78, 5) is 5.28. The monoisotopic (exact) mass is 978 g/mol. The van der Waals surface area contributed by atoms with E-state index in [2.05, 4.69) is 308 Å². The Morgan fingerprint density at radius 3 is 0.870 bits per heavy atom.